The molecule has 220 valence electrons. The molecular weight excluding hydrogens is 550 g/mol. The number of hydrogen-bond acceptors (Lipinski definition) is 4. The second-order valence-electron chi connectivity index (χ2n) is 10.4. The number of halogens is 4. The van der Waals surface area contributed by atoms with Gasteiger partial charge in [0.1, 0.15) is 22.5 Å². The molecule has 5 rings (SSSR count). The van der Waals surface area contributed by atoms with Gasteiger partial charge in [0.15, 0.2) is 5.78 Å². The molecule has 0 radical (unpaired) electrons. The number of aryl methyl sites for hydroxylation is 1. The highest BCUT2D eigenvalue weighted by atomic mass is 32.1. The molecule has 1 unspecified atom stereocenters. The molecule has 1 aliphatic rings. The molecule has 8 heteroatoms. The number of carbonyl (C=O) groups excluding carboxylic acids is 1. The molecule has 1 aliphatic carbocycles. The predicted octanol–water partition coefficient (Wildman–Crippen LogP) is 10.0. The van der Waals surface area contributed by atoms with E-state index in [-0.39, 0.29) is 22.9 Å². The molecule has 1 aromatic heterocycles. The molecule has 0 amide bonds. The lowest BCUT2D eigenvalue weighted by molar-refractivity contribution is -0.149. The van der Waals surface area contributed by atoms with Crippen LogP contribution in [0.15, 0.2) is 66.7 Å². The quantitative estimate of drug-likeness (QED) is 0.184. The van der Waals surface area contributed by atoms with Gasteiger partial charge in [-0.2, -0.15) is 13.2 Å². The van der Waals surface area contributed by atoms with E-state index in [1.807, 2.05) is 31.2 Å². The Balaban J connectivity index is 0.000000194. The van der Waals surface area contributed by atoms with Gasteiger partial charge in [-0.1, -0.05) is 88.4 Å². The molecule has 3 N–H and O–H groups in total. The Morgan fingerprint density at radius 1 is 1.00 bits per heavy atom. The number of nitrogens with two attached hydrogens (primary N) is 1. The summed E-state index contributed by atoms with van der Waals surface area (Å²) in [5.41, 5.74) is 7.22. The normalized spacial score (nSPS) is 14.4. The van der Waals surface area contributed by atoms with E-state index in [2.05, 4.69) is 6.92 Å². The first-order valence-electron chi connectivity index (χ1n) is 13.8. The second kappa shape index (κ2) is 14.6. The van der Waals surface area contributed by atoms with Gasteiger partial charge in [0, 0.05) is 17.0 Å². The van der Waals surface area contributed by atoms with Crippen molar-refractivity contribution < 1.29 is 27.5 Å². The van der Waals surface area contributed by atoms with Crippen LogP contribution in [0, 0.1) is 11.7 Å². The van der Waals surface area contributed by atoms with E-state index in [4.69, 9.17) is 5.73 Å². The maximum absolute atomic E-state index is 13.4. The van der Waals surface area contributed by atoms with Gasteiger partial charge in [0.2, 0.25) is 0 Å². The highest BCUT2D eigenvalue weighted by Gasteiger charge is 2.37. The Hall–Kier alpha value is -3.23. The average Bonchev–Trinajstić information content (AvgIpc) is 3.30. The molecule has 4 aromatic rings. The number of alkyl halides is 3. The van der Waals surface area contributed by atoms with Crippen molar-refractivity contribution in [2.24, 2.45) is 11.7 Å². The van der Waals surface area contributed by atoms with E-state index >= 15 is 0 Å². The minimum Gasteiger partial charge on any atom is -0.506 e. The summed E-state index contributed by atoms with van der Waals surface area (Å²) in [7, 11) is 0. The fourth-order valence-electron chi connectivity index (χ4n) is 4.67. The summed E-state index contributed by atoms with van der Waals surface area (Å²) in [5, 5.41) is 10.4. The van der Waals surface area contributed by atoms with Gasteiger partial charge < -0.3 is 10.8 Å². The number of rotatable bonds is 4. The molecule has 0 aliphatic heterocycles. The van der Waals surface area contributed by atoms with Crippen molar-refractivity contribution in [1.82, 2.24) is 0 Å². The standard InChI is InChI=1S/C16H15F4N.C10H8O2S.C7H14/c1-2-10-9-13(7-8-14(10)17)11-3-5-12(6-4-11)15(21)16(18,19)20;1-6(11)10-9(12)7-4-2-3-5-8(7)13-10;1-7-5-3-2-4-6-7/h3-9,15H,2,21H2,1H3;2-5,12H,1H3;7H,2-6H2,1H3. The van der Waals surface area contributed by atoms with E-state index in [1.165, 1.54) is 68.6 Å². The number of thiophene rings is 1. The molecule has 0 saturated heterocycles. The zero-order chi connectivity index (χ0) is 30.2. The second-order valence-corrected chi connectivity index (χ2v) is 11.4. The highest BCUT2D eigenvalue weighted by Crippen LogP contribution is 2.36. The summed E-state index contributed by atoms with van der Waals surface area (Å²) >= 11 is 1.33. The molecule has 0 spiro atoms. The molecule has 41 heavy (non-hydrogen) atoms. The molecule has 3 aromatic carbocycles. The Kier molecular flexibility index (Phi) is 11.5. The van der Waals surface area contributed by atoms with Gasteiger partial charge in [-0.3, -0.25) is 4.79 Å². The summed E-state index contributed by atoms with van der Waals surface area (Å²) in [6.07, 6.45) is 3.52. The zero-order valence-electron chi connectivity index (χ0n) is 23.6. The van der Waals surface area contributed by atoms with Gasteiger partial charge in [-0.15, -0.1) is 11.3 Å². The lowest BCUT2D eigenvalue weighted by Gasteiger charge is -2.16. The third-order valence-electron chi connectivity index (χ3n) is 7.17. The molecular formula is C33H37F4NO2S. The molecule has 1 saturated carbocycles. The van der Waals surface area contributed by atoms with Crippen LogP contribution < -0.4 is 5.73 Å². The number of benzene rings is 3. The Bertz CT molecular complexity index is 1420. The van der Waals surface area contributed by atoms with Crippen molar-refractivity contribution in [2.45, 2.75) is 71.5 Å². The summed E-state index contributed by atoms with van der Waals surface area (Å²) < 4.78 is 52.0. The van der Waals surface area contributed by atoms with E-state index in [0.717, 1.165) is 27.1 Å². The van der Waals surface area contributed by atoms with Crippen LogP contribution >= 0.6 is 11.3 Å². The van der Waals surface area contributed by atoms with Crippen LogP contribution in [0.2, 0.25) is 0 Å². The number of aromatic hydroxyl groups is 1. The van der Waals surface area contributed by atoms with Crippen LogP contribution in [0.5, 0.6) is 5.75 Å². The fraction of sp³-hybridized carbons (Fsp3) is 0.364. The van der Waals surface area contributed by atoms with Crippen LogP contribution in [-0.2, 0) is 6.42 Å². The largest absolute Gasteiger partial charge is 0.506 e. The van der Waals surface area contributed by atoms with E-state index in [1.54, 1.807) is 24.3 Å². The van der Waals surface area contributed by atoms with Crippen LogP contribution in [-0.4, -0.2) is 17.1 Å². The molecule has 0 bridgehead atoms. The van der Waals surface area contributed by atoms with Crippen molar-refractivity contribution >= 4 is 27.2 Å². The van der Waals surface area contributed by atoms with Gasteiger partial charge in [0.25, 0.3) is 0 Å². The van der Waals surface area contributed by atoms with Gasteiger partial charge >= 0.3 is 6.18 Å². The van der Waals surface area contributed by atoms with Crippen molar-refractivity contribution in [3.05, 3.63) is 88.6 Å². The highest BCUT2D eigenvalue weighted by molar-refractivity contribution is 7.21. The third-order valence-corrected chi connectivity index (χ3v) is 8.43. The van der Waals surface area contributed by atoms with Crippen LogP contribution in [0.25, 0.3) is 21.2 Å². The summed E-state index contributed by atoms with van der Waals surface area (Å²) in [6, 6.07) is 15.9. The smallest absolute Gasteiger partial charge is 0.407 e. The van der Waals surface area contributed by atoms with Crippen LogP contribution in [0.3, 0.4) is 0 Å². The lowest BCUT2D eigenvalue weighted by Crippen LogP contribution is -2.28. The Morgan fingerprint density at radius 2 is 1.61 bits per heavy atom. The van der Waals surface area contributed by atoms with E-state index in [9.17, 15) is 27.5 Å². The monoisotopic (exact) mass is 587 g/mol. The first kappa shape index (κ1) is 32.3. The number of carbonyl (C=O) groups is 1. The summed E-state index contributed by atoms with van der Waals surface area (Å²) in [5.74, 6) is 0.789. The Labute approximate surface area is 243 Å². The number of Topliss-reactive ketones (excluding diaryl/α,β-unsaturated/α-hetero) is 1. The topological polar surface area (TPSA) is 63.3 Å². The van der Waals surface area contributed by atoms with Crippen LogP contribution in [0.1, 0.15) is 79.7 Å². The first-order chi connectivity index (χ1) is 19.4. The summed E-state index contributed by atoms with van der Waals surface area (Å²) in [4.78, 5) is 11.5. The number of hydrogen-bond donors (Lipinski definition) is 2. The van der Waals surface area contributed by atoms with Gasteiger partial charge in [-0.25, -0.2) is 4.39 Å². The lowest BCUT2D eigenvalue weighted by atomic mass is 9.91. The van der Waals surface area contributed by atoms with Crippen molar-refractivity contribution in [3.63, 3.8) is 0 Å². The average molecular weight is 588 g/mol. The number of ketones is 1. The fourth-order valence-corrected chi connectivity index (χ4v) is 5.67. The predicted molar refractivity (Wildman–Crippen MR) is 160 cm³/mol. The third kappa shape index (κ3) is 8.88. The van der Waals surface area contributed by atoms with Gasteiger partial charge in [0.05, 0.1) is 0 Å². The number of fused-ring (bicyclic) bond motifs is 1. The maximum atomic E-state index is 13.4. The molecule has 1 heterocycles. The van der Waals surface area contributed by atoms with Crippen molar-refractivity contribution in [3.8, 4) is 16.9 Å². The maximum Gasteiger partial charge on any atom is 0.407 e. The minimum absolute atomic E-state index is 0.00377. The van der Waals surface area contributed by atoms with Gasteiger partial charge in [-0.05, 0) is 58.9 Å². The first-order valence-corrected chi connectivity index (χ1v) is 14.7. The van der Waals surface area contributed by atoms with E-state index < -0.39 is 12.2 Å². The molecule has 1 atom stereocenters. The SMILES string of the molecule is CC(=O)c1sc2ccccc2c1O.CC1CCCCC1.CCc1cc(-c2ccc(C(N)C(F)(F)F)cc2)ccc1F. The molecule has 1 fully saturated rings. The van der Waals surface area contributed by atoms with Crippen molar-refractivity contribution in [2.75, 3.05) is 0 Å². The van der Waals surface area contributed by atoms with Crippen molar-refractivity contribution in [1.29, 1.82) is 0 Å². The van der Waals surface area contributed by atoms with E-state index in [0.29, 0.717) is 16.9 Å². The zero-order valence-corrected chi connectivity index (χ0v) is 24.4. The minimum atomic E-state index is -4.47. The Morgan fingerprint density at radius 3 is 2.12 bits per heavy atom. The molecule has 3 nitrogen and oxygen atoms in total. The summed E-state index contributed by atoms with van der Waals surface area (Å²) in [6.45, 7) is 5.66. The van der Waals surface area contributed by atoms with Crippen LogP contribution in [0.4, 0.5) is 17.6 Å².